The van der Waals surface area contributed by atoms with Gasteiger partial charge in [-0.3, -0.25) is 0 Å². The molecule has 1 aromatic carbocycles. The molecule has 1 nitrogen and oxygen atoms in total. The fourth-order valence-electron chi connectivity index (χ4n) is 1.12. The van der Waals surface area contributed by atoms with E-state index in [4.69, 9.17) is 11.6 Å². The molecule has 1 rings (SSSR count). The molecule has 0 bridgehead atoms. The normalized spacial score (nSPS) is 12.7. The lowest BCUT2D eigenvalue weighted by molar-refractivity contribution is -0.274. The van der Waals surface area contributed by atoms with Crippen LogP contribution in [0.4, 0.5) is 13.2 Å². The lowest BCUT2D eigenvalue weighted by atomic mass is 10.1. The zero-order chi connectivity index (χ0) is 12.2. The van der Waals surface area contributed by atoms with Gasteiger partial charge < -0.3 is 4.74 Å². The molecular weight excluding hydrogens is 241 g/mol. The van der Waals surface area contributed by atoms with Crippen LogP contribution in [0.2, 0.25) is 0 Å². The third kappa shape index (κ3) is 4.57. The average molecular weight is 251 g/mol. The second-order valence-electron chi connectivity index (χ2n) is 3.24. The van der Waals surface area contributed by atoms with E-state index in [-0.39, 0.29) is 5.75 Å². The van der Waals surface area contributed by atoms with Crippen LogP contribution in [-0.2, 0) is 0 Å². The summed E-state index contributed by atoms with van der Waals surface area (Å²) < 4.78 is 39.6. The topological polar surface area (TPSA) is 9.23 Å². The molecule has 0 aliphatic carbocycles. The second-order valence-corrected chi connectivity index (χ2v) is 3.51. The molecule has 0 aliphatic heterocycles. The highest BCUT2D eigenvalue weighted by molar-refractivity contribution is 6.19. The molecule has 1 aromatic rings. The molecule has 0 aromatic heterocycles. The highest BCUT2D eigenvalue weighted by atomic mass is 35.5. The predicted octanol–water partition coefficient (Wildman–Crippen LogP) is 4.23. The van der Waals surface area contributed by atoms with E-state index >= 15 is 0 Å². The molecule has 0 aliphatic rings. The lowest BCUT2D eigenvalue weighted by Gasteiger charge is -2.09. The summed E-state index contributed by atoms with van der Waals surface area (Å²) in [6.07, 6.45) is -2.96. The summed E-state index contributed by atoms with van der Waals surface area (Å²) in [4.78, 5) is 0. The zero-order valence-corrected chi connectivity index (χ0v) is 9.27. The largest absolute Gasteiger partial charge is 0.573 e. The third-order valence-electron chi connectivity index (χ3n) is 1.72. The highest BCUT2D eigenvalue weighted by Crippen LogP contribution is 2.24. The van der Waals surface area contributed by atoms with E-state index < -0.39 is 6.36 Å². The number of hydrogen-bond acceptors (Lipinski definition) is 1. The molecule has 0 spiro atoms. The van der Waals surface area contributed by atoms with Crippen molar-refractivity contribution in [2.45, 2.75) is 13.3 Å². The van der Waals surface area contributed by atoms with Crippen LogP contribution < -0.4 is 4.74 Å². The van der Waals surface area contributed by atoms with Gasteiger partial charge in [0.1, 0.15) is 5.75 Å². The van der Waals surface area contributed by atoms with Crippen molar-refractivity contribution in [1.82, 2.24) is 0 Å². The monoisotopic (exact) mass is 250 g/mol. The number of hydrogen-bond donors (Lipinski definition) is 0. The Morgan fingerprint density at radius 3 is 2.69 bits per heavy atom. The molecule has 0 unspecified atom stereocenters. The van der Waals surface area contributed by atoms with Crippen LogP contribution in [0.5, 0.6) is 5.75 Å². The van der Waals surface area contributed by atoms with Gasteiger partial charge in [0.25, 0.3) is 0 Å². The number of halogens is 4. The molecule has 0 heterocycles. The maximum Gasteiger partial charge on any atom is 0.573 e. The molecule has 16 heavy (non-hydrogen) atoms. The van der Waals surface area contributed by atoms with Crippen molar-refractivity contribution in [2.24, 2.45) is 0 Å². The van der Waals surface area contributed by atoms with Crippen LogP contribution in [0.25, 0.3) is 6.08 Å². The van der Waals surface area contributed by atoms with E-state index in [0.717, 1.165) is 5.57 Å². The lowest BCUT2D eigenvalue weighted by Crippen LogP contribution is -2.17. The van der Waals surface area contributed by atoms with Gasteiger partial charge in [0.15, 0.2) is 0 Å². The summed E-state index contributed by atoms with van der Waals surface area (Å²) in [7, 11) is 0. The van der Waals surface area contributed by atoms with Gasteiger partial charge in [-0.1, -0.05) is 23.8 Å². The fraction of sp³-hybridized carbons (Fsp3) is 0.273. The Morgan fingerprint density at radius 1 is 1.44 bits per heavy atom. The van der Waals surface area contributed by atoms with Gasteiger partial charge in [-0.2, -0.15) is 0 Å². The van der Waals surface area contributed by atoms with Crippen molar-refractivity contribution in [3.05, 3.63) is 35.4 Å². The van der Waals surface area contributed by atoms with E-state index in [1.54, 1.807) is 19.1 Å². The van der Waals surface area contributed by atoms with E-state index in [1.807, 2.05) is 0 Å². The Morgan fingerprint density at radius 2 is 2.12 bits per heavy atom. The van der Waals surface area contributed by atoms with E-state index in [2.05, 4.69) is 4.74 Å². The fourth-order valence-corrected chi connectivity index (χ4v) is 1.20. The molecule has 0 saturated carbocycles. The molecule has 0 fully saturated rings. The summed E-state index contributed by atoms with van der Waals surface area (Å²) in [5, 5.41) is 0. The standard InChI is InChI=1S/C11H10ClF3O/c1-8(7-12)5-9-3-2-4-10(6-9)16-11(13,14)15/h2-6H,7H2,1H3/b8-5-. The van der Waals surface area contributed by atoms with Crippen LogP contribution >= 0.6 is 11.6 Å². The number of alkyl halides is 4. The van der Waals surface area contributed by atoms with E-state index in [0.29, 0.717) is 11.4 Å². The van der Waals surface area contributed by atoms with Gasteiger partial charge >= 0.3 is 6.36 Å². The van der Waals surface area contributed by atoms with Crippen molar-refractivity contribution in [3.63, 3.8) is 0 Å². The Hall–Kier alpha value is -1.16. The van der Waals surface area contributed by atoms with Crippen LogP contribution in [-0.4, -0.2) is 12.2 Å². The quantitative estimate of drug-likeness (QED) is 0.730. The summed E-state index contributed by atoms with van der Waals surface area (Å²) in [5.74, 6) is 0.105. The Balaban J connectivity index is 2.87. The van der Waals surface area contributed by atoms with Gasteiger partial charge in [0.05, 0.1) is 0 Å². The number of benzene rings is 1. The number of allylic oxidation sites excluding steroid dienone is 1. The maximum absolute atomic E-state index is 11.9. The van der Waals surface area contributed by atoms with Crippen molar-refractivity contribution < 1.29 is 17.9 Å². The molecule has 5 heteroatoms. The third-order valence-corrected chi connectivity index (χ3v) is 2.14. The first-order valence-corrected chi connectivity index (χ1v) is 5.03. The van der Waals surface area contributed by atoms with Crippen molar-refractivity contribution in [2.75, 3.05) is 5.88 Å². The van der Waals surface area contributed by atoms with E-state index in [9.17, 15) is 13.2 Å². The van der Waals surface area contributed by atoms with Gasteiger partial charge in [0, 0.05) is 5.88 Å². The summed E-state index contributed by atoms with van der Waals surface area (Å²) in [5.41, 5.74) is 1.49. The van der Waals surface area contributed by atoms with Crippen LogP contribution in [0, 0.1) is 0 Å². The minimum atomic E-state index is -4.66. The summed E-state index contributed by atoms with van der Waals surface area (Å²) in [6, 6.07) is 5.73. The number of ether oxygens (including phenoxy) is 1. The van der Waals surface area contributed by atoms with Gasteiger partial charge in [-0.25, -0.2) is 0 Å². The average Bonchev–Trinajstić information content (AvgIpc) is 2.15. The van der Waals surface area contributed by atoms with Crippen LogP contribution in [0.3, 0.4) is 0 Å². The smallest absolute Gasteiger partial charge is 0.406 e. The molecular formula is C11H10ClF3O. The first-order valence-electron chi connectivity index (χ1n) is 4.49. The van der Waals surface area contributed by atoms with Gasteiger partial charge in [-0.05, 0) is 24.6 Å². The first-order chi connectivity index (χ1) is 7.40. The second kappa shape index (κ2) is 5.25. The Labute approximate surface area is 96.5 Å². The zero-order valence-electron chi connectivity index (χ0n) is 8.51. The Kier molecular flexibility index (Phi) is 4.24. The van der Waals surface area contributed by atoms with Gasteiger partial charge in [0.2, 0.25) is 0 Å². The SMILES string of the molecule is C/C(=C/c1cccc(OC(F)(F)F)c1)CCl. The molecule has 0 radical (unpaired) electrons. The molecule has 0 atom stereocenters. The molecule has 88 valence electrons. The minimum Gasteiger partial charge on any atom is -0.406 e. The maximum atomic E-state index is 11.9. The molecule has 0 N–H and O–H groups in total. The molecule has 0 amide bonds. The summed E-state index contributed by atoms with van der Waals surface area (Å²) >= 11 is 5.57. The Bertz CT molecular complexity index is 385. The van der Waals surface area contributed by atoms with Crippen LogP contribution in [0.1, 0.15) is 12.5 Å². The summed E-state index contributed by atoms with van der Waals surface area (Å²) in [6.45, 7) is 1.80. The minimum absolute atomic E-state index is 0.233. The first kappa shape index (κ1) is 12.9. The van der Waals surface area contributed by atoms with Crippen molar-refractivity contribution in [1.29, 1.82) is 0 Å². The van der Waals surface area contributed by atoms with Gasteiger partial charge in [-0.15, -0.1) is 24.8 Å². The predicted molar refractivity (Wildman–Crippen MR) is 57.5 cm³/mol. The van der Waals surface area contributed by atoms with Crippen molar-refractivity contribution in [3.8, 4) is 5.75 Å². The molecule has 0 saturated heterocycles. The van der Waals surface area contributed by atoms with Crippen LogP contribution in [0.15, 0.2) is 29.8 Å². The van der Waals surface area contributed by atoms with Crippen molar-refractivity contribution >= 4 is 17.7 Å². The van der Waals surface area contributed by atoms with E-state index in [1.165, 1.54) is 18.2 Å². The number of rotatable bonds is 3. The highest BCUT2D eigenvalue weighted by Gasteiger charge is 2.30.